The molecule has 0 saturated carbocycles. The van der Waals surface area contributed by atoms with E-state index in [1.807, 2.05) is 60.7 Å². The van der Waals surface area contributed by atoms with Crippen molar-refractivity contribution < 1.29 is 0 Å². The molecule has 0 bridgehead atoms. The van der Waals surface area contributed by atoms with Gasteiger partial charge >= 0.3 is 0 Å². The molecule has 3 aromatic heterocycles. The second-order valence-corrected chi connectivity index (χ2v) is 14.3. The fraction of sp³-hybridized carbons (Fsp3) is 0.0392. The van der Waals surface area contributed by atoms with Crippen molar-refractivity contribution in [3.63, 3.8) is 0 Å². The van der Waals surface area contributed by atoms with E-state index in [1.165, 1.54) is 48.9 Å². The summed E-state index contributed by atoms with van der Waals surface area (Å²) >= 11 is 0. The van der Waals surface area contributed by atoms with Gasteiger partial charge in [0.2, 0.25) is 0 Å². The number of rotatable bonds is 6. The zero-order chi connectivity index (χ0) is 37.0. The van der Waals surface area contributed by atoms with Crippen LogP contribution >= 0.6 is 0 Å². The minimum absolute atomic E-state index is 0.639. The van der Waals surface area contributed by atoms with E-state index in [0.717, 1.165) is 46.4 Å². The first-order valence-electron chi connectivity index (χ1n) is 19.2. The largest absolute Gasteiger partial charge is 0.307 e. The highest BCUT2D eigenvalue weighted by Gasteiger charge is 2.21. The van der Waals surface area contributed by atoms with Crippen LogP contribution in [0.2, 0.25) is 0 Å². The van der Waals surface area contributed by atoms with Gasteiger partial charge in [0, 0.05) is 54.8 Å². The van der Waals surface area contributed by atoms with Crippen molar-refractivity contribution in [3.8, 4) is 56.7 Å². The first-order chi connectivity index (χ1) is 27.8. The van der Waals surface area contributed by atoms with Gasteiger partial charge < -0.3 is 9.13 Å². The molecule has 5 heteroatoms. The molecule has 7 aromatic carbocycles. The molecule has 0 unspecified atom stereocenters. The zero-order valence-corrected chi connectivity index (χ0v) is 30.5. The predicted octanol–water partition coefficient (Wildman–Crippen LogP) is 10.9. The zero-order valence-electron chi connectivity index (χ0n) is 30.5. The number of fused-ring (bicyclic) bond motifs is 7. The van der Waals surface area contributed by atoms with Gasteiger partial charge in [0.1, 0.15) is 0 Å². The molecule has 264 valence electrons. The first kappa shape index (κ1) is 32.1. The van der Waals surface area contributed by atoms with Gasteiger partial charge in [-0.15, -0.1) is 0 Å². The van der Waals surface area contributed by atoms with Crippen LogP contribution < -0.4 is 10.6 Å². The van der Waals surface area contributed by atoms with E-state index in [1.54, 1.807) is 0 Å². The number of nitrogens with zero attached hydrogens (tertiary/aromatic N) is 5. The Kier molecular flexibility index (Phi) is 7.56. The molecule has 56 heavy (non-hydrogen) atoms. The van der Waals surface area contributed by atoms with Gasteiger partial charge in [-0.05, 0) is 66.4 Å². The number of aromatic nitrogens is 5. The number of benzene rings is 7. The molecule has 3 heterocycles. The summed E-state index contributed by atoms with van der Waals surface area (Å²) in [5, 5.41) is 6.28. The molecule has 1 aliphatic carbocycles. The fourth-order valence-electron chi connectivity index (χ4n) is 8.42. The number of para-hydroxylation sites is 1. The van der Waals surface area contributed by atoms with Crippen molar-refractivity contribution >= 4 is 44.9 Å². The highest BCUT2D eigenvalue weighted by atomic mass is 15.1. The maximum Gasteiger partial charge on any atom is 0.164 e. The lowest BCUT2D eigenvalue weighted by Gasteiger charge is -2.14. The summed E-state index contributed by atoms with van der Waals surface area (Å²) < 4.78 is 4.94. The SMILES string of the molecule is C1=c2c(n(-c3cccc(-c4ccccc4)c3)c3c2ccc2c4ccccc4n(-c4ccc(-c5nc(-c6ccccc6)nc(-c6ccccc6)n5)cc4)c23)=CCC1. The molecular weight excluding hydrogens is 683 g/mol. The van der Waals surface area contributed by atoms with Crippen LogP contribution in [0.15, 0.2) is 176 Å². The van der Waals surface area contributed by atoms with Crippen LogP contribution in [-0.4, -0.2) is 24.1 Å². The van der Waals surface area contributed by atoms with Crippen molar-refractivity contribution in [2.75, 3.05) is 0 Å². The molecule has 11 rings (SSSR count). The van der Waals surface area contributed by atoms with Crippen LogP contribution in [0.5, 0.6) is 0 Å². The maximum atomic E-state index is 5.00. The van der Waals surface area contributed by atoms with E-state index in [0.29, 0.717) is 17.5 Å². The van der Waals surface area contributed by atoms with Crippen LogP contribution in [0.25, 0.3) is 102 Å². The summed E-state index contributed by atoms with van der Waals surface area (Å²) in [6, 6.07) is 62.0. The van der Waals surface area contributed by atoms with Gasteiger partial charge in [-0.1, -0.05) is 146 Å². The molecular formula is C51H35N5. The summed E-state index contributed by atoms with van der Waals surface area (Å²) in [7, 11) is 0. The average Bonchev–Trinajstić information content (AvgIpc) is 3.80. The van der Waals surface area contributed by atoms with Gasteiger partial charge in [-0.2, -0.15) is 0 Å². The van der Waals surface area contributed by atoms with E-state index >= 15 is 0 Å². The highest BCUT2D eigenvalue weighted by Crippen LogP contribution is 2.37. The van der Waals surface area contributed by atoms with E-state index in [-0.39, 0.29) is 0 Å². The smallest absolute Gasteiger partial charge is 0.164 e. The van der Waals surface area contributed by atoms with Crippen molar-refractivity contribution in [2.45, 2.75) is 12.8 Å². The lowest BCUT2D eigenvalue weighted by Crippen LogP contribution is -2.30. The second-order valence-electron chi connectivity index (χ2n) is 14.3. The van der Waals surface area contributed by atoms with Crippen LogP contribution in [0.1, 0.15) is 12.8 Å². The quantitative estimate of drug-likeness (QED) is 0.172. The third-order valence-corrected chi connectivity index (χ3v) is 11.0. The van der Waals surface area contributed by atoms with E-state index in [4.69, 9.17) is 15.0 Å². The van der Waals surface area contributed by atoms with Gasteiger partial charge in [-0.3, -0.25) is 0 Å². The maximum absolute atomic E-state index is 5.00. The normalized spacial score (nSPS) is 12.4. The van der Waals surface area contributed by atoms with E-state index in [2.05, 4.69) is 137 Å². The predicted molar refractivity (Wildman–Crippen MR) is 230 cm³/mol. The summed E-state index contributed by atoms with van der Waals surface area (Å²) in [6.07, 6.45) is 6.89. The Morgan fingerprint density at radius 1 is 0.357 bits per heavy atom. The van der Waals surface area contributed by atoms with Crippen LogP contribution in [-0.2, 0) is 0 Å². The molecule has 5 nitrogen and oxygen atoms in total. The van der Waals surface area contributed by atoms with E-state index < -0.39 is 0 Å². The molecule has 0 N–H and O–H groups in total. The van der Waals surface area contributed by atoms with E-state index in [9.17, 15) is 0 Å². The Morgan fingerprint density at radius 2 is 0.893 bits per heavy atom. The molecule has 0 radical (unpaired) electrons. The van der Waals surface area contributed by atoms with Crippen LogP contribution in [0, 0.1) is 0 Å². The molecule has 0 aliphatic heterocycles. The summed E-state index contributed by atoms with van der Waals surface area (Å²) in [4.78, 5) is 14.9. The lowest BCUT2D eigenvalue weighted by atomic mass is 10.1. The Balaban J connectivity index is 1.14. The molecule has 0 atom stereocenters. The second kappa shape index (κ2) is 13.2. The van der Waals surface area contributed by atoms with Gasteiger partial charge in [0.05, 0.1) is 16.6 Å². The molecule has 10 aromatic rings. The van der Waals surface area contributed by atoms with Crippen molar-refractivity contribution in [2.24, 2.45) is 0 Å². The molecule has 0 amide bonds. The molecule has 1 aliphatic rings. The Hall–Kier alpha value is -7.37. The molecule has 0 spiro atoms. The topological polar surface area (TPSA) is 48.5 Å². The number of hydrogen-bond acceptors (Lipinski definition) is 3. The van der Waals surface area contributed by atoms with Crippen molar-refractivity contribution in [1.29, 1.82) is 0 Å². The minimum atomic E-state index is 0.639. The Labute approximate surface area is 323 Å². The lowest BCUT2D eigenvalue weighted by molar-refractivity contribution is 1.02. The first-order valence-corrected chi connectivity index (χ1v) is 19.2. The number of hydrogen-bond donors (Lipinski definition) is 0. The van der Waals surface area contributed by atoms with Crippen molar-refractivity contribution in [3.05, 3.63) is 186 Å². The fourth-order valence-corrected chi connectivity index (χ4v) is 8.42. The van der Waals surface area contributed by atoms with Gasteiger partial charge in [-0.25, -0.2) is 15.0 Å². The third-order valence-electron chi connectivity index (χ3n) is 11.0. The summed E-state index contributed by atoms with van der Waals surface area (Å²) in [5.41, 5.74) is 11.0. The standard InChI is InChI=1S/C51H35N5/c1-4-15-34(16-5-1)38-21-14-22-40(33-38)56-46-26-13-11-24-42(46)44-32-31-43-41-23-10-12-25-45(41)55(47(43)48(44)56)39-29-27-37(28-30-39)51-53-49(35-17-6-2-7-18-35)52-50(54-51)36-19-8-3-9-20-36/h1-10,12,14-33H,11,13H2. The monoisotopic (exact) mass is 717 g/mol. The van der Waals surface area contributed by atoms with Crippen LogP contribution in [0.4, 0.5) is 0 Å². The Bertz CT molecular complexity index is 3160. The minimum Gasteiger partial charge on any atom is -0.307 e. The van der Waals surface area contributed by atoms with Crippen LogP contribution in [0.3, 0.4) is 0 Å². The molecule has 0 saturated heterocycles. The Morgan fingerprint density at radius 3 is 1.57 bits per heavy atom. The summed E-state index contributed by atoms with van der Waals surface area (Å²) in [6.45, 7) is 0. The average molecular weight is 718 g/mol. The molecule has 0 fully saturated rings. The van der Waals surface area contributed by atoms with Gasteiger partial charge in [0.25, 0.3) is 0 Å². The third kappa shape index (κ3) is 5.28. The van der Waals surface area contributed by atoms with Gasteiger partial charge in [0.15, 0.2) is 17.5 Å². The highest BCUT2D eigenvalue weighted by molar-refractivity contribution is 6.18. The summed E-state index contributed by atoms with van der Waals surface area (Å²) in [5.74, 6) is 1.94. The van der Waals surface area contributed by atoms with Crippen molar-refractivity contribution in [1.82, 2.24) is 24.1 Å².